The molecule has 0 spiro atoms. The van der Waals surface area contributed by atoms with Crippen LogP contribution in [0.2, 0.25) is 0 Å². The molecule has 28 heavy (non-hydrogen) atoms. The Kier molecular flexibility index (Phi) is 6.68. The van der Waals surface area contributed by atoms with E-state index in [1.165, 1.54) is 35.2 Å². The topological polar surface area (TPSA) is 86.7 Å². The summed E-state index contributed by atoms with van der Waals surface area (Å²) in [5, 5.41) is 8.97. The Morgan fingerprint density at radius 1 is 1.14 bits per heavy atom. The number of nitrogens with one attached hydrogen (secondary N) is 1. The van der Waals surface area contributed by atoms with Crippen molar-refractivity contribution in [1.82, 2.24) is 4.90 Å². The number of likely N-dealkylation sites (N-methyl/N-ethyl adjacent to an activating group) is 1. The van der Waals surface area contributed by atoms with E-state index in [1.54, 1.807) is 6.92 Å². The van der Waals surface area contributed by atoms with Gasteiger partial charge in [-0.2, -0.15) is 13.2 Å². The van der Waals surface area contributed by atoms with Gasteiger partial charge >= 0.3 is 6.18 Å². The lowest BCUT2D eigenvalue weighted by Gasteiger charge is -2.19. The van der Waals surface area contributed by atoms with Crippen LogP contribution < -0.4 is 4.72 Å². The molecule has 2 aromatic rings. The lowest BCUT2D eigenvalue weighted by Crippen LogP contribution is -2.33. The van der Waals surface area contributed by atoms with Crippen LogP contribution in [0.25, 0.3) is 0 Å². The molecular formula is C18H19F3N2O4S. The number of benzene rings is 2. The van der Waals surface area contributed by atoms with E-state index >= 15 is 0 Å². The third-order valence-electron chi connectivity index (χ3n) is 3.89. The fourth-order valence-corrected chi connectivity index (χ4v) is 3.51. The normalized spacial score (nSPS) is 11.9. The molecule has 0 saturated carbocycles. The van der Waals surface area contributed by atoms with Crippen LogP contribution in [0.5, 0.6) is 0 Å². The zero-order valence-corrected chi connectivity index (χ0v) is 15.7. The molecular weight excluding hydrogens is 397 g/mol. The largest absolute Gasteiger partial charge is 0.416 e. The molecule has 0 atom stereocenters. The van der Waals surface area contributed by atoms with Gasteiger partial charge in [-0.05, 0) is 49.4 Å². The van der Waals surface area contributed by atoms with E-state index in [2.05, 4.69) is 4.72 Å². The second kappa shape index (κ2) is 8.61. The second-order valence-corrected chi connectivity index (χ2v) is 7.50. The quantitative estimate of drug-likeness (QED) is 0.727. The highest BCUT2D eigenvalue weighted by molar-refractivity contribution is 7.92. The maximum Gasteiger partial charge on any atom is 0.416 e. The molecule has 1 amide bonds. The first kappa shape index (κ1) is 21.7. The molecule has 0 aliphatic rings. The van der Waals surface area contributed by atoms with Crippen molar-refractivity contribution in [1.29, 1.82) is 0 Å². The summed E-state index contributed by atoms with van der Waals surface area (Å²) in [4.78, 5) is 13.5. The molecule has 0 bridgehead atoms. The number of nitrogens with zero attached hydrogens (tertiary/aromatic N) is 1. The molecule has 2 aromatic carbocycles. The Bertz CT molecular complexity index is 929. The van der Waals surface area contributed by atoms with Crippen molar-refractivity contribution in [3.05, 3.63) is 59.7 Å². The zero-order chi connectivity index (χ0) is 20.9. The van der Waals surface area contributed by atoms with E-state index in [4.69, 9.17) is 5.11 Å². The molecule has 2 rings (SSSR count). The summed E-state index contributed by atoms with van der Waals surface area (Å²) in [6.07, 6.45) is -4.59. The number of carbonyl (C=O) groups is 1. The van der Waals surface area contributed by atoms with E-state index < -0.39 is 21.8 Å². The van der Waals surface area contributed by atoms with Crippen LogP contribution in [0.4, 0.5) is 18.9 Å². The number of amides is 1. The highest BCUT2D eigenvalue weighted by atomic mass is 32.2. The number of aliphatic hydroxyl groups is 1. The van der Waals surface area contributed by atoms with Gasteiger partial charge in [0.2, 0.25) is 0 Å². The van der Waals surface area contributed by atoms with Crippen molar-refractivity contribution in [3.8, 4) is 0 Å². The van der Waals surface area contributed by atoms with Gasteiger partial charge in [-0.15, -0.1) is 0 Å². The first-order valence-corrected chi connectivity index (χ1v) is 9.77. The van der Waals surface area contributed by atoms with Crippen molar-refractivity contribution in [2.24, 2.45) is 0 Å². The van der Waals surface area contributed by atoms with Crippen LogP contribution in [-0.4, -0.2) is 44.0 Å². The van der Waals surface area contributed by atoms with E-state index in [0.717, 1.165) is 12.1 Å². The molecule has 0 heterocycles. The van der Waals surface area contributed by atoms with Gasteiger partial charge in [-0.1, -0.05) is 6.07 Å². The number of sulfonamides is 1. The van der Waals surface area contributed by atoms with E-state index in [9.17, 15) is 26.4 Å². The Balaban J connectivity index is 2.22. The molecule has 0 aliphatic carbocycles. The first-order chi connectivity index (χ1) is 13.1. The van der Waals surface area contributed by atoms with Crippen LogP contribution in [0.15, 0.2) is 53.4 Å². The van der Waals surface area contributed by atoms with Gasteiger partial charge in [-0.3, -0.25) is 9.52 Å². The summed E-state index contributed by atoms with van der Waals surface area (Å²) in [5.41, 5.74) is -0.972. The fraction of sp³-hybridized carbons (Fsp3) is 0.278. The number of hydrogen-bond acceptors (Lipinski definition) is 4. The van der Waals surface area contributed by atoms with E-state index in [1.807, 2.05) is 0 Å². The van der Waals surface area contributed by atoms with Gasteiger partial charge in [0.25, 0.3) is 15.9 Å². The summed E-state index contributed by atoms with van der Waals surface area (Å²) >= 11 is 0. The van der Waals surface area contributed by atoms with Crippen LogP contribution in [-0.2, 0) is 16.2 Å². The second-order valence-electron chi connectivity index (χ2n) is 5.82. The summed E-state index contributed by atoms with van der Waals surface area (Å²) in [6, 6.07) is 8.84. The average Bonchev–Trinajstić information content (AvgIpc) is 2.65. The molecule has 2 N–H and O–H groups in total. The highest BCUT2D eigenvalue weighted by Crippen LogP contribution is 2.31. The minimum atomic E-state index is -4.59. The standard InChI is InChI=1S/C18H19F3N2O4S/c1-2-23(10-11-24)17(25)13-6-8-16(9-7-13)28(26,27)22-15-5-3-4-14(12-15)18(19,20)21/h3-9,12,22,24H,2,10-11H2,1H3. The Morgan fingerprint density at radius 2 is 1.79 bits per heavy atom. The van der Waals surface area contributed by atoms with Gasteiger partial charge in [0.1, 0.15) is 0 Å². The smallest absolute Gasteiger partial charge is 0.395 e. The third-order valence-corrected chi connectivity index (χ3v) is 5.29. The zero-order valence-electron chi connectivity index (χ0n) is 14.9. The predicted octanol–water partition coefficient (Wildman–Crippen LogP) is 2.96. The van der Waals surface area contributed by atoms with Crippen molar-refractivity contribution in [2.45, 2.75) is 18.0 Å². The van der Waals surface area contributed by atoms with Gasteiger partial charge < -0.3 is 10.0 Å². The van der Waals surface area contributed by atoms with Gasteiger partial charge in [0.05, 0.1) is 17.1 Å². The maximum atomic E-state index is 12.8. The number of halogens is 3. The molecule has 10 heteroatoms. The molecule has 0 aromatic heterocycles. The lowest BCUT2D eigenvalue weighted by molar-refractivity contribution is -0.137. The number of hydrogen-bond donors (Lipinski definition) is 2. The Labute approximate surface area is 160 Å². The number of alkyl halides is 3. The average molecular weight is 416 g/mol. The third kappa shape index (κ3) is 5.23. The summed E-state index contributed by atoms with van der Waals surface area (Å²) < 4.78 is 65.2. The SMILES string of the molecule is CCN(CCO)C(=O)c1ccc(S(=O)(=O)Nc2cccc(C(F)(F)F)c2)cc1. The molecule has 0 saturated heterocycles. The molecule has 0 aliphatic heterocycles. The maximum absolute atomic E-state index is 12.8. The summed E-state index contributed by atoms with van der Waals surface area (Å²) in [5.74, 6) is -0.369. The van der Waals surface area contributed by atoms with E-state index in [-0.39, 0.29) is 35.2 Å². The summed E-state index contributed by atoms with van der Waals surface area (Å²) in [6.45, 7) is 2.06. The van der Waals surface area contributed by atoms with Crippen molar-refractivity contribution < 1.29 is 31.5 Å². The van der Waals surface area contributed by atoms with Crippen molar-refractivity contribution >= 4 is 21.6 Å². The van der Waals surface area contributed by atoms with Crippen LogP contribution >= 0.6 is 0 Å². The number of anilines is 1. The minimum absolute atomic E-state index is 0.145. The fourth-order valence-electron chi connectivity index (χ4n) is 2.46. The van der Waals surface area contributed by atoms with Crippen molar-refractivity contribution in [2.75, 3.05) is 24.4 Å². The number of aliphatic hydroxyl groups excluding tert-OH is 1. The molecule has 0 unspecified atom stereocenters. The first-order valence-electron chi connectivity index (χ1n) is 8.28. The van der Waals surface area contributed by atoms with Gasteiger partial charge in [0.15, 0.2) is 0 Å². The van der Waals surface area contributed by atoms with Crippen LogP contribution in [0.1, 0.15) is 22.8 Å². The highest BCUT2D eigenvalue weighted by Gasteiger charge is 2.30. The van der Waals surface area contributed by atoms with Crippen LogP contribution in [0, 0.1) is 0 Å². The van der Waals surface area contributed by atoms with Crippen LogP contribution in [0.3, 0.4) is 0 Å². The molecule has 0 fully saturated rings. The monoisotopic (exact) mass is 416 g/mol. The molecule has 0 radical (unpaired) electrons. The number of carbonyl (C=O) groups excluding carboxylic acids is 1. The number of rotatable bonds is 7. The Morgan fingerprint density at radius 3 is 2.32 bits per heavy atom. The van der Waals surface area contributed by atoms with Gasteiger partial charge in [-0.25, -0.2) is 8.42 Å². The Hall–Kier alpha value is -2.59. The summed E-state index contributed by atoms with van der Waals surface area (Å²) in [7, 11) is -4.14. The molecule has 6 nitrogen and oxygen atoms in total. The van der Waals surface area contributed by atoms with Crippen molar-refractivity contribution in [3.63, 3.8) is 0 Å². The van der Waals surface area contributed by atoms with E-state index in [0.29, 0.717) is 12.6 Å². The van der Waals surface area contributed by atoms with Gasteiger partial charge in [0, 0.05) is 24.3 Å². The molecule has 152 valence electrons. The predicted molar refractivity (Wildman–Crippen MR) is 97.4 cm³/mol. The minimum Gasteiger partial charge on any atom is -0.395 e. The lowest BCUT2D eigenvalue weighted by atomic mass is 10.2.